The molecule has 2 heterocycles. The van der Waals surface area contributed by atoms with Crippen molar-refractivity contribution in [2.45, 2.75) is 38.8 Å². The molecule has 2 aromatic rings. The lowest BCUT2D eigenvalue weighted by atomic mass is 10.00. The number of halogens is 4. The highest BCUT2D eigenvalue weighted by molar-refractivity contribution is 6.31. The van der Waals surface area contributed by atoms with Gasteiger partial charge in [0.05, 0.1) is 11.7 Å². The topological polar surface area (TPSA) is 58.4 Å². The van der Waals surface area contributed by atoms with Crippen molar-refractivity contribution in [2.24, 2.45) is 0 Å². The summed E-state index contributed by atoms with van der Waals surface area (Å²) in [6.45, 7) is 2.73. The van der Waals surface area contributed by atoms with E-state index in [2.05, 4.69) is 4.98 Å². The molecular formula is C17H17Cl2F2N3O2. The Morgan fingerprint density at radius 1 is 1.31 bits per heavy atom. The van der Waals surface area contributed by atoms with Crippen LogP contribution in [0, 0.1) is 11.6 Å². The lowest BCUT2D eigenvalue weighted by Crippen LogP contribution is -2.42. The van der Waals surface area contributed by atoms with Crippen molar-refractivity contribution < 1.29 is 18.7 Å². The van der Waals surface area contributed by atoms with E-state index in [-0.39, 0.29) is 11.6 Å². The quantitative estimate of drug-likeness (QED) is 0.752. The Morgan fingerprint density at radius 2 is 1.96 bits per heavy atom. The maximum atomic E-state index is 13.7. The molecule has 0 saturated heterocycles. The van der Waals surface area contributed by atoms with E-state index in [4.69, 9.17) is 23.2 Å². The number of carbonyl (C=O) groups is 1. The Balaban J connectivity index is 1.91. The van der Waals surface area contributed by atoms with Crippen LogP contribution in [0.15, 0.2) is 12.1 Å². The van der Waals surface area contributed by atoms with Crippen molar-refractivity contribution in [1.82, 2.24) is 14.5 Å². The van der Waals surface area contributed by atoms with Crippen LogP contribution in [-0.2, 0) is 19.4 Å². The van der Waals surface area contributed by atoms with E-state index in [9.17, 15) is 18.7 Å². The van der Waals surface area contributed by atoms with Gasteiger partial charge in [-0.15, -0.1) is 0 Å². The number of carboxylic acid groups (broad SMARTS) is 1. The molecule has 26 heavy (non-hydrogen) atoms. The van der Waals surface area contributed by atoms with E-state index in [1.165, 1.54) is 4.90 Å². The van der Waals surface area contributed by atoms with Crippen LogP contribution in [-0.4, -0.2) is 32.2 Å². The minimum Gasteiger partial charge on any atom is -0.465 e. The molecule has 0 spiro atoms. The zero-order valence-corrected chi connectivity index (χ0v) is 15.5. The third-order valence-corrected chi connectivity index (χ3v) is 5.25. The van der Waals surface area contributed by atoms with Gasteiger partial charge < -0.3 is 9.67 Å². The molecule has 0 fully saturated rings. The molecule has 1 aliphatic rings. The number of rotatable bonds is 4. The van der Waals surface area contributed by atoms with Crippen molar-refractivity contribution in [1.29, 1.82) is 0 Å². The number of benzene rings is 1. The van der Waals surface area contributed by atoms with Crippen LogP contribution in [0.25, 0.3) is 0 Å². The number of imidazole rings is 1. The van der Waals surface area contributed by atoms with Crippen LogP contribution < -0.4 is 0 Å². The van der Waals surface area contributed by atoms with Crippen molar-refractivity contribution >= 4 is 29.3 Å². The van der Waals surface area contributed by atoms with Crippen molar-refractivity contribution in [3.8, 4) is 0 Å². The monoisotopic (exact) mass is 403 g/mol. The molecule has 1 aromatic carbocycles. The van der Waals surface area contributed by atoms with Gasteiger partial charge in [0, 0.05) is 19.5 Å². The fraction of sp³-hybridized carbons (Fsp3) is 0.412. The first-order valence-corrected chi connectivity index (χ1v) is 8.96. The fourth-order valence-electron chi connectivity index (χ4n) is 3.41. The summed E-state index contributed by atoms with van der Waals surface area (Å²) in [5.41, 5.74) is 1.03. The highest BCUT2D eigenvalue weighted by Gasteiger charge is 2.34. The Labute approximate surface area is 159 Å². The highest BCUT2D eigenvalue weighted by atomic mass is 35.5. The lowest BCUT2D eigenvalue weighted by Gasteiger charge is -2.35. The zero-order valence-electron chi connectivity index (χ0n) is 14.0. The normalized spacial score (nSPS) is 16.7. The lowest BCUT2D eigenvalue weighted by molar-refractivity contribution is 0.106. The molecule has 1 unspecified atom stereocenters. The summed E-state index contributed by atoms with van der Waals surface area (Å²) in [5, 5.41) is 9.25. The maximum absolute atomic E-state index is 13.7. The van der Waals surface area contributed by atoms with Gasteiger partial charge in [0.15, 0.2) is 5.15 Å². The first-order valence-electron chi connectivity index (χ1n) is 8.21. The van der Waals surface area contributed by atoms with Gasteiger partial charge in [-0.05, 0) is 30.5 Å². The van der Waals surface area contributed by atoms with Gasteiger partial charge in [0.1, 0.15) is 22.5 Å². The number of aryl methyl sites for hydroxylation is 2. The first kappa shape index (κ1) is 18.9. The SMILES string of the molecule is CCc1nc(Cl)c2n1CCN(C(=O)O)C2CCc1cc(F)c(Cl)c(F)c1. The molecule has 0 radical (unpaired) electrons. The van der Waals surface area contributed by atoms with Gasteiger partial charge in [0.25, 0.3) is 0 Å². The smallest absolute Gasteiger partial charge is 0.407 e. The predicted molar refractivity (Wildman–Crippen MR) is 93.8 cm³/mol. The van der Waals surface area contributed by atoms with Crippen LogP contribution in [0.4, 0.5) is 13.6 Å². The Kier molecular flexibility index (Phi) is 5.39. The van der Waals surface area contributed by atoms with E-state index in [1.807, 2.05) is 11.5 Å². The van der Waals surface area contributed by atoms with E-state index in [1.54, 1.807) is 0 Å². The average molecular weight is 404 g/mol. The molecule has 1 N–H and O–H groups in total. The second-order valence-electron chi connectivity index (χ2n) is 6.11. The third kappa shape index (κ3) is 3.38. The summed E-state index contributed by atoms with van der Waals surface area (Å²) in [7, 11) is 0. The van der Waals surface area contributed by atoms with E-state index in [0.717, 1.165) is 18.0 Å². The van der Waals surface area contributed by atoms with Crippen molar-refractivity contribution in [3.63, 3.8) is 0 Å². The predicted octanol–water partition coefficient (Wildman–Crippen LogP) is 4.70. The number of nitrogens with zero attached hydrogens (tertiary/aromatic N) is 3. The van der Waals surface area contributed by atoms with Crippen molar-refractivity contribution in [2.75, 3.05) is 6.54 Å². The maximum Gasteiger partial charge on any atom is 0.407 e. The summed E-state index contributed by atoms with van der Waals surface area (Å²) in [6.07, 6.45) is 0.196. The van der Waals surface area contributed by atoms with Crippen LogP contribution in [0.5, 0.6) is 0 Å². The van der Waals surface area contributed by atoms with Gasteiger partial charge in [-0.25, -0.2) is 18.6 Å². The molecule has 0 aliphatic carbocycles. The summed E-state index contributed by atoms with van der Waals surface area (Å²) in [4.78, 5) is 17.3. The average Bonchev–Trinajstić information content (AvgIpc) is 2.93. The van der Waals surface area contributed by atoms with Gasteiger partial charge in [0.2, 0.25) is 0 Å². The van der Waals surface area contributed by atoms with Gasteiger partial charge in [-0.2, -0.15) is 0 Å². The summed E-state index contributed by atoms with van der Waals surface area (Å²) in [6, 6.07) is 1.79. The molecule has 1 aliphatic heterocycles. The molecule has 1 amide bonds. The third-order valence-electron chi connectivity index (χ3n) is 4.61. The number of amides is 1. The van der Waals surface area contributed by atoms with Crippen molar-refractivity contribution in [3.05, 3.63) is 51.0 Å². The zero-order chi connectivity index (χ0) is 19.0. The fourth-order valence-corrected chi connectivity index (χ4v) is 3.84. The van der Waals surface area contributed by atoms with Crippen LogP contribution in [0.3, 0.4) is 0 Å². The molecule has 5 nitrogen and oxygen atoms in total. The Morgan fingerprint density at radius 3 is 2.54 bits per heavy atom. The molecule has 0 bridgehead atoms. The number of aromatic nitrogens is 2. The Hall–Kier alpha value is -1.86. The van der Waals surface area contributed by atoms with E-state index >= 15 is 0 Å². The highest BCUT2D eigenvalue weighted by Crippen LogP contribution is 2.36. The van der Waals surface area contributed by atoms with Gasteiger partial charge >= 0.3 is 6.09 Å². The number of fused-ring (bicyclic) bond motifs is 1. The van der Waals surface area contributed by atoms with Gasteiger partial charge in [-0.1, -0.05) is 30.1 Å². The number of hydrogen-bond acceptors (Lipinski definition) is 2. The molecule has 140 valence electrons. The molecule has 1 aromatic heterocycles. The molecule has 1 atom stereocenters. The Bertz CT molecular complexity index is 834. The van der Waals surface area contributed by atoms with Crippen LogP contribution in [0.2, 0.25) is 10.2 Å². The first-order chi connectivity index (χ1) is 12.3. The molecule has 3 rings (SSSR count). The second kappa shape index (κ2) is 7.40. The summed E-state index contributed by atoms with van der Waals surface area (Å²) >= 11 is 11.8. The summed E-state index contributed by atoms with van der Waals surface area (Å²) in [5.74, 6) is -0.878. The van der Waals surface area contributed by atoms with E-state index < -0.39 is 28.8 Å². The molecule has 9 heteroatoms. The van der Waals surface area contributed by atoms with Gasteiger partial charge in [-0.3, -0.25) is 4.90 Å². The molecular weight excluding hydrogens is 387 g/mol. The minimum atomic E-state index is -1.06. The van der Waals surface area contributed by atoms with Crippen LogP contribution >= 0.6 is 23.2 Å². The molecule has 0 saturated carbocycles. The summed E-state index contributed by atoms with van der Waals surface area (Å²) < 4.78 is 29.2. The number of hydrogen-bond donors (Lipinski definition) is 1. The standard InChI is InChI=1S/C17H17Cl2F2N3O2/c1-2-13-22-16(19)15-12(23(17(25)26)5-6-24(13)15)4-3-9-7-10(20)14(18)11(21)8-9/h7-8,12H,2-6H2,1H3,(H,25,26). The second-order valence-corrected chi connectivity index (χ2v) is 6.85. The largest absolute Gasteiger partial charge is 0.465 e. The van der Waals surface area contributed by atoms with Crippen LogP contribution in [0.1, 0.15) is 36.5 Å². The van der Waals surface area contributed by atoms with E-state index in [0.29, 0.717) is 37.2 Å². The minimum absolute atomic E-state index is 0.266.